The van der Waals surface area contributed by atoms with E-state index in [4.69, 9.17) is 4.74 Å². The molecule has 6 heteroatoms. The van der Waals surface area contributed by atoms with Crippen LogP contribution in [-0.4, -0.2) is 21.5 Å². The van der Waals surface area contributed by atoms with Crippen molar-refractivity contribution in [2.24, 2.45) is 7.05 Å². The lowest BCUT2D eigenvalue weighted by Crippen LogP contribution is -2.27. The van der Waals surface area contributed by atoms with Crippen LogP contribution in [0.2, 0.25) is 0 Å². The maximum absolute atomic E-state index is 13.0. The van der Waals surface area contributed by atoms with Crippen LogP contribution >= 0.6 is 0 Å². The van der Waals surface area contributed by atoms with E-state index in [2.05, 4.69) is 10.4 Å². The smallest absolute Gasteiger partial charge is 0.259 e. The fraction of sp³-hybridized carbons (Fsp3) is 0.261. The largest absolute Gasteiger partial charge is 0.438 e. The summed E-state index contributed by atoms with van der Waals surface area (Å²) in [5.74, 6) is 0.779. The van der Waals surface area contributed by atoms with Crippen molar-refractivity contribution in [1.82, 2.24) is 15.1 Å². The van der Waals surface area contributed by atoms with E-state index in [1.165, 1.54) is 6.92 Å². The van der Waals surface area contributed by atoms with Gasteiger partial charge in [0.2, 0.25) is 5.88 Å². The Balaban J connectivity index is 1.81. The van der Waals surface area contributed by atoms with Gasteiger partial charge in [-0.25, -0.2) is 4.68 Å². The molecule has 0 unspecified atom stereocenters. The van der Waals surface area contributed by atoms with Gasteiger partial charge in [0.15, 0.2) is 5.78 Å². The monoisotopic (exact) mass is 391 g/mol. The third-order valence-corrected chi connectivity index (χ3v) is 4.80. The SMILES string of the molecule is CC(=O)c1ccc([C@H](C)NC(=O)c2c(C)nn(C)c2Oc2ccc(C)cc2)cc1. The number of aryl methyl sites for hydroxylation is 3. The van der Waals surface area contributed by atoms with Crippen LogP contribution in [-0.2, 0) is 7.05 Å². The average Bonchev–Trinajstić information content (AvgIpc) is 2.96. The van der Waals surface area contributed by atoms with Gasteiger partial charge in [-0.2, -0.15) is 5.10 Å². The van der Waals surface area contributed by atoms with Crippen LogP contribution in [0.1, 0.15) is 57.4 Å². The number of ether oxygens (including phenoxy) is 1. The van der Waals surface area contributed by atoms with E-state index in [1.807, 2.05) is 50.2 Å². The summed E-state index contributed by atoms with van der Waals surface area (Å²) in [6.45, 7) is 7.21. The molecule has 1 aromatic heterocycles. The zero-order valence-corrected chi connectivity index (χ0v) is 17.3. The Kier molecular flexibility index (Phi) is 5.82. The van der Waals surface area contributed by atoms with Gasteiger partial charge in [0.25, 0.3) is 5.91 Å². The van der Waals surface area contributed by atoms with Gasteiger partial charge in [-0.3, -0.25) is 9.59 Å². The molecule has 0 saturated heterocycles. The molecule has 3 rings (SSSR count). The number of carbonyl (C=O) groups excluding carboxylic acids is 2. The van der Waals surface area contributed by atoms with E-state index in [1.54, 1.807) is 30.8 Å². The number of hydrogen-bond acceptors (Lipinski definition) is 4. The van der Waals surface area contributed by atoms with Gasteiger partial charge in [-0.05, 0) is 45.4 Å². The molecule has 0 radical (unpaired) electrons. The first-order chi connectivity index (χ1) is 13.8. The number of Topliss-reactive ketones (excluding diaryl/α,β-unsaturated/α-hetero) is 1. The number of nitrogens with one attached hydrogen (secondary N) is 1. The summed E-state index contributed by atoms with van der Waals surface area (Å²) in [6.07, 6.45) is 0. The highest BCUT2D eigenvalue weighted by atomic mass is 16.5. The van der Waals surface area contributed by atoms with Crippen molar-refractivity contribution >= 4 is 11.7 Å². The molecule has 1 heterocycles. The van der Waals surface area contributed by atoms with Crippen LogP contribution in [0, 0.1) is 13.8 Å². The van der Waals surface area contributed by atoms with Crippen LogP contribution in [0.15, 0.2) is 48.5 Å². The summed E-state index contributed by atoms with van der Waals surface area (Å²) in [5.41, 5.74) is 3.67. The van der Waals surface area contributed by atoms with Crippen molar-refractivity contribution in [3.63, 3.8) is 0 Å². The van der Waals surface area contributed by atoms with Gasteiger partial charge in [0, 0.05) is 12.6 Å². The van der Waals surface area contributed by atoms with Gasteiger partial charge in [-0.15, -0.1) is 0 Å². The predicted molar refractivity (Wildman–Crippen MR) is 112 cm³/mol. The Morgan fingerprint density at radius 1 is 1.03 bits per heavy atom. The molecule has 0 fully saturated rings. The molecule has 1 atom stereocenters. The second-order valence-corrected chi connectivity index (χ2v) is 7.18. The quantitative estimate of drug-likeness (QED) is 0.627. The van der Waals surface area contributed by atoms with Crippen molar-refractivity contribution in [2.45, 2.75) is 33.7 Å². The molecular weight excluding hydrogens is 366 g/mol. The van der Waals surface area contributed by atoms with Crippen LogP contribution < -0.4 is 10.1 Å². The van der Waals surface area contributed by atoms with E-state index in [0.29, 0.717) is 28.5 Å². The first kappa shape index (κ1) is 20.3. The van der Waals surface area contributed by atoms with E-state index in [9.17, 15) is 9.59 Å². The highest BCUT2D eigenvalue weighted by Crippen LogP contribution is 2.28. The van der Waals surface area contributed by atoms with Crippen molar-refractivity contribution in [3.8, 4) is 11.6 Å². The lowest BCUT2D eigenvalue weighted by molar-refractivity contribution is 0.0935. The highest BCUT2D eigenvalue weighted by Gasteiger charge is 2.24. The number of rotatable bonds is 6. The molecule has 0 bridgehead atoms. The first-order valence-corrected chi connectivity index (χ1v) is 9.46. The number of aromatic nitrogens is 2. The maximum atomic E-state index is 13.0. The van der Waals surface area contributed by atoms with Gasteiger partial charge >= 0.3 is 0 Å². The van der Waals surface area contributed by atoms with Crippen molar-refractivity contribution in [2.75, 3.05) is 0 Å². The number of nitrogens with zero attached hydrogens (tertiary/aromatic N) is 2. The van der Waals surface area contributed by atoms with E-state index in [0.717, 1.165) is 11.1 Å². The van der Waals surface area contributed by atoms with Crippen LogP contribution in [0.25, 0.3) is 0 Å². The van der Waals surface area contributed by atoms with Crippen LogP contribution in [0.4, 0.5) is 0 Å². The molecule has 29 heavy (non-hydrogen) atoms. The summed E-state index contributed by atoms with van der Waals surface area (Å²) < 4.78 is 7.53. The molecule has 0 saturated carbocycles. The van der Waals surface area contributed by atoms with Gasteiger partial charge in [0.05, 0.1) is 11.7 Å². The van der Waals surface area contributed by atoms with E-state index >= 15 is 0 Å². The molecule has 2 aromatic carbocycles. The minimum Gasteiger partial charge on any atom is -0.438 e. The molecule has 0 aliphatic rings. The summed E-state index contributed by atoms with van der Waals surface area (Å²) in [6, 6.07) is 14.6. The van der Waals surface area contributed by atoms with Crippen LogP contribution in [0.3, 0.4) is 0 Å². The predicted octanol–water partition coefficient (Wildman–Crippen LogP) is 4.52. The Bertz CT molecular complexity index is 1030. The van der Waals surface area contributed by atoms with Gasteiger partial charge < -0.3 is 10.1 Å². The topological polar surface area (TPSA) is 73.2 Å². The van der Waals surface area contributed by atoms with E-state index in [-0.39, 0.29) is 17.7 Å². The molecule has 150 valence electrons. The van der Waals surface area contributed by atoms with Crippen molar-refractivity contribution < 1.29 is 14.3 Å². The van der Waals surface area contributed by atoms with Gasteiger partial charge in [0.1, 0.15) is 11.3 Å². The lowest BCUT2D eigenvalue weighted by Gasteiger charge is -2.15. The number of carbonyl (C=O) groups is 2. The zero-order chi connectivity index (χ0) is 21.1. The molecule has 3 aromatic rings. The van der Waals surface area contributed by atoms with Crippen molar-refractivity contribution in [1.29, 1.82) is 0 Å². The fourth-order valence-corrected chi connectivity index (χ4v) is 3.09. The minimum absolute atomic E-state index is 0.0112. The zero-order valence-electron chi connectivity index (χ0n) is 17.3. The molecule has 0 aliphatic heterocycles. The molecule has 1 N–H and O–H groups in total. The maximum Gasteiger partial charge on any atom is 0.259 e. The second kappa shape index (κ2) is 8.31. The molecular formula is C23H25N3O3. The van der Waals surface area contributed by atoms with Crippen molar-refractivity contribution in [3.05, 3.63) is 76.5 Å². The Hall–Kier alpha value is -3.41. The number of amides is 1. The van der Waals surface area contributed by atoms with E-state index < -0.39 is 0 Å². The summed E-state index contributed by atoms with van der Waals surface area (Å²) in [7, 11) is 1.75. The number of ketones is 1. The minimum atomic E-state index is -0.263. The molecule has 1 amide bonds. The average molecular weight is 391 g/mol. The summed E-state index contributed by atoms with van der Waals surface area (Å²) in [4.78, 5) is 24.4. The Labute approximate surface area is 170 Å². The lowest BCUT2D eigenvalue weighted by atomic mass is 10.0. The number of hydrogen-bond donors (Lipinski definition) is 1. The van der Waals surface area contributed by atoms with Gasteiger partial charge in [-0.1, -0.05) is 42.0 Å². The second-order valence-electron chi connectivity index (χ2n) is 7.18. The Morgan fingerprint density at radius 3 is 2.24 bits per heavy atom. The fourth-order valence-electron chi connectivity index (χ4n) is 3.09. The molecule has 0 spiro atoms. The van der Waals surface area contributed by atoms with Crippen LogP contribution in [0.5, 0.6) is 11.6 Å². The Morgan fingerprint density at radius 2 is 1.66 bits per heavy atom. The standard InChI is InChI=1S/C23H25N3O3/c1-14-6-12-20(13-7-14)29-23-21(16(3)25-26(23)5)22(28)24-15(2)18-8-10-19(11-9-18)17(4)27/h6-13,15H,1-5H3,(H,24,28)/t15-/m0/s1. The third-order valence-electron chi connectivity index (χ3n) is 4.80. The molecule has 0 aliphatic carbocycles. The third kappa shape index (κ3) is 4.54. The highest BCUT2D eigenvalue weighted by molar-refractivity contribution is 5.98. The summed E-state index contributed by atoms with van der Waals surface area (Å²) in [5, 5.41) is 7.34. The molecule has 6 nitrogen and oxygen atoms in total. The summed E-state index contributed by atoms with van der Waals surface area (Å²) >= 11 is 0. The normalized spacial score (nSPS) is 11.8. The number of benzene rings is 2. The first-order valence-electron chi connectivity index (χ1n) is 9.46.